The number of furan rings is 1. The lowest BCUT2D eigenvalue weighted by Gasteiger charge is -2.36. The first-order valence-corrected chi connectivity index (χ1v) is 8.22. The van der Waals surface area contributed by atoms with Crippen molar-refractivity contribution in [2.24, 2.45) is 0 Å². The van der Waals surface area contributed by atoms with E-state index in [1.807, 2.05) is 36.1 Å². The van der Waals surface area contributed by atoms with Gasteiger partial charge in [-0.15, -0.1) is 0 Å². The van der Waals surface area contributed by atoms with Crippen LogP contribution >= 0.6 is 0 Å². The molecule has 0 radical (unpaired) electrons. The van der Waals surface area contributed by atoms with Crippen molar-refractivity contribution in [2.75, 3.05) is 37.6 Å². The first kappa shape index (κ1) is 16.4. The predicted octanol–water partition coefficient (Wildman–Crippen LogP) is 1.98. The fourth-order valence-electron chi connectivity index (χ4n) is 2.87. The number of carbonyl (C=O) groups excluding carboxylic acids is 1. The Balaban J connectivity index is 1.45. The van der Waals surface area contributed by atoms with Gasteiger partial charge in [0.25, 0.3) is 0 Å². The quantitative estimate of drug-likeness (QED) is 0.878. The third-order valence-corrected chi connectivity index (χ3v) is 4.38. The van der Waals surface area contributed by atoms with E-state index >= 15 is 0 Å². The highest BCUT2D eigenvalue weighted by Crippen LogP contribution is 2.20. The molecule has 1 amide bonds. The van der Waals surface area contributed by atoms with Crippen molar-refractivity contribution in [1.82, 2.24) is 10.2 Å². The molecule has 128 valence electrons. The molecule has 0 saturated carbocycles. The molecule has 3 rings (SSSR count). The third kappa shape index (κ3) is 3.89. The number of phenolic OH excluding ortho intramolecular Hbond substituents is 1. The molecule has 1 aliphatic heterocycles. The van der Waals surface area contributed by atoms with Crippen molar-refractivity contribution >= 4 is 11.6 Å². The molecule has 6 heteroatoms. The number of piperazine rings is 1. The third-order valence-electron chi connectivity index (χ3n) is 4.38. The van der Waals surface area contributed by atoms with Gasteiger partial charge in [-0.25, -0.2) is 0 Å². The number of amides is 1. The first-order chi connectivity index (χ1) is 11.6. The van der Waals surface area contributed by atoms with E-state index in [0.717, 1.165) is 24.5 Å². The van der Waals surface area contributed by atoms with Crippen LogP contribution in [-0.2, 0) is 4.79 Å². The van der Waals surface area contributed by atoms with Crippen LogP contribution in [0.25, 0.3) is 0 Å². The molecule has 6 nitrogen and oxygen atoms in total. The van der Waals surface area contributed by atoms with Gasteiger partial charge in [0, 0.05) is 31.9 Å². The number of anilines is 1. The molecule has 1 atom stereocenters. The monoisotopic (exact) mass is 329 g/mol. The summed E-state index contributed by atoms with van der Waals surface area (Å²) in [5.74, 6) is 1.21. The maximum Gasteiger partial charge on any atom is 0.236 e. The van der Waals surface area contributed by atoms with E-state index in [1.54, 1.807) is 18.4 Å². The van der Waals surface area contributed by atoms with E-state index in [1.165, 1.54) is 0 Å². The molecule has 24 heavy (non-hydrogen) atoms. The van der Waals surface area contributed by atoms with Crippen LogP contribution in [0.4, 0.5) is 5.69 Å². The van der Waals surface area contributed by atoms with E-state index in [0.29, 0.717) is 19.6 Å². The lowest BCUT2D eigenvalue weighted by atomic mass is 10.2. The number of aromatic hydroxyl groups is 1. The van der Waals surface area contributed by atoms with Crippen LogP contribution in [0.3, 0.4) is 0 Å². The van der Waals surface area contributed by atoms with Crippen molar-refractivity contribution in [3.05, 3.63) is 48.4 Å². The SMILES string of the molecule is C[C@@H](NCC(=O)N1CCN(c2ccc(O)cc2)CC1)c1ccco1. The van der Waals surface area contributed by atoms with Crippen LogP contribution < -0.4 is 10.2 Å². The van der Waals surface area contributed by atoms with Crippen LogP contribution in [0.5, 0.6) is 5.75 Å². The molecule has 0 aliphatic carbocycles. The second kappa shape index (κ2) is 7.40. The molecule has 2 N–H and O–H groups in total. The van der Waals surface area contributed by atoms with Gasteiger partial charge in [0.1, 0.15) is 11.5 Å². The van der Waals surface area contributed by atoms with Crippen LogP contribution in [-0.4, -0.2) is 48.6 Å². The van der Waals surface area contributed by atoms with Gasteiger partial charge >= 0.3 is 0 Å². The number of nitrogens with one attached hydrogen (secondary N) is 1. The number of benzene rings is 1. The molecule has 1 aromatic heterocycles. The normalized spacial score (nSPS) is 16.2. The summed E-state index contributed by atoms with van der Waals surface area (Å²) in [5, 5.41) is 12.6. The smallest absolute Gasteiger partial charge is 0.236 e. The van der Waals surface area contributed by atoms with E-state index in [9.17, 15) is 9.90 Å². The molecule has 2 heterocycles. The van der Waals surface area contributed by atoms with E-state index < -0.39 is 0 Å². The minimum absolute atomic E-state index is 0.0160. The standard InChI is InChI=1S/C18H23N3O3/c1-14(17-3-2-12-24-17)19-13-18(23)21-10-8-20(9-11-21)15-4-6-16(22)7-5-15/h2-7,12,14,19,22H,8-11,13H2,1H3/t14-/m1/s1. The summed E-state index contributed by atoms with van der Waals surface area (Å²) in [5.41, 5.74) is 1.07. The van der Waals surface area contributed by atoms with Gasteiger partial charge in [0.2, 0.25) is 5.91 Å². The Morgan fingerprint density at radius 2 is 1.92 bits per heavy atom. The van der Waals surface area contributed by atoms with Gasteiger partial charge in [-0.1, -0.05) is 0 Å². The molecule has 1 saturated heterocycles. The highest BCUT2D eigenvalue weighted by atomic mass is 16.3. The van der Waals surface area contributed by atoms with Gasteiger partial charge in [-0.2, -0.15) is 0 Å². The fraction of sp³-hybridized carbons (Fsp3) is 0.389. The van der Waals surface area contributed by atoms with Gasteiger partial charge in [0.05, 0.1) is 18.8 Å². The van der Waals surface area contributed by atoms with Gasteiger partial charge in [0.15, 0.2) is 0 Å². The summed E-state index contributed by atoms with van der Waals surface area (Å²) in [6.45, 7) is 5.29. The zero-order valence-corrected chi connectivity index (χ0v) is 13.8. The molecular weight excluding hydrogens is 306 g/mol. The number of nitrogens with zero attached hydrogens (tertiary/aromatic N) is 2. The molecule has 1 fully saturated rings. The van der Waals surface area contributed by atoms with Crippen LogP contribution in [0.2, 0.25) is 0 Å². The maximum atomic E-state index is 12.3. The zero-order chi connectivity index (χ0) is 16.9. The van der Waals surface area contributed by atoms with Gasteiger partial charge in [-0.05, 0) is 43.3 Å². The van der Waals surface area contributed by atoms with E-state index in [2.05, 4.69) is 10.2 Å². The summed E-state index contributed by atoms with van der Waals surface area (Å²) in [4.78, 5) is 16.5. The topological polar surface area (TPSA) is 69.0 Å². The van der Waals surface area contributed by atoms with Crippen LogP contribution in [0.15, 0.2) is 47.1 Å². The van der Waals surface area contributed by atoms with Crippen molar-refractivity contribution < 1.29 is 14.3 Å². The highest BCUT2D eigenvalue weighted by Gasteiger charge is 2.21. The molecule has 1 aromatic carbocycles. The molecule has 2 aromatic rings. The van der Waals surface area contributed by atoms with Gasteiger partial charge < -0.3 is 19.3 Å². The number of hydrogen-bond donors (Lipinski definition) is 2. The minimum atomic E-state index is 0.0160. The van der Waals surface area contributed by atoms with Crippen molar-refractivity contribution in [2.45, 2.75) is 13.0 Å². The van der Waals surface area contributed by atoms with E-state index in [-0.39, 0.29) is 17.7 Å². The summed E-state index contributed by atoms with van der Waals surface area (Å²) >= 11 is 0. The average Bonchev–Trinajstić information content (AvgIpc) is 3.15. The average molecular weight is 329 g/mol. The first-order valence-electron chi connectivity index (χ1n) is 8.22. The maximum absolute atomic E-state index is 12.3. The number of rotatable bonds is 5. The van der Waals surface area contributed by atoms with Crippen molar-refractivity contribution in [3.63, 3.8) is 0 Å². The molecular formula is C18H23N3O3. The Labute approximate surface area is 141 Å². The second-order valence-corrected chi connectivity index (χ2v) is 6.00. The Morgan fingerprint density at radius 1 is 1.21 bits per heavy atom. The molecule has 0 spiro atoms. The molecule has 0 bridgehead atoms. The molecule has 0 unspecified atom stereocenters. The lowest BCUT2D eigenvalue weighted by Crippen LogP contribution is -2.51. The minimum Gasteiger partial charge on any atom is -0.508 e. The number of phenols is 1. The largest absolute Gasteiger partial charge is 0.508 e. The number of hydrogen-bond acceptors (Lipinski definition) is 5. The van der Waals surface area contributed by atoms with Crippen LogP contribution in [0.1, 0.15) is 18.7 Å². The number of carbonyl (C=O) groups is 1. The van der Waals surface area contributed by atoms with Crippen molar-refractivity contribution in [1.29, 1.82) is 0 Å². The highest BCUT2D eigenvalue weighted by molar-refractivity contribution is 5.78. The zero-order valence-electron chi connectivity index (χ0n) is 13.8. The summed E-state index contributed by atoms with van der Waals surface area (Å²) in [6.07, 6.45) is 1.64. The van der Waals surface area contributed by atoms with E-state index in [4.69, 9.17) is 4.42 Å². The van der Waals surface area contributed by atoms with Crippen LogP contribution in [0, 0.1) is 0 Å². The summed E-state index contributed by atoms with van der Waals surface area (Å²) < 4.78 is 5.33. The van der Waals surface area contributed by atoms with Gasteiger partial charge in [-0.3, -0.25) is 10.1 Å². The predicted molar refractivity (Wildman–Crippen MR) is 92.0 cm³/mol. The van der Waals surface area contributed by atoms with Crippen molar-refractivity contribution in [3.8, 4) is 5.75 Å². The Hall–Kier alpha value is -2.47. The fourth-order valence-corrected chi connectivity index (χ4v) is 2.87. The Kier molecular flexibility index (Phi) is 5.05. The summed E-state index contributed by atoms with van der Waals surface area (Å²) in [7, 11) is 0. The lowest BCUT2D eigenvalue weighted by molar-refractivity contribution is -0.130. The molecule has 1 aliphatic rings. The summed E-state index contributed by atoms with van der Waals surface area (Å²) in [6, 6.07) is 10.9. The Morgan fingerprint density at radius 3 is 2.54 bits per heavy atom. The second-order valence-electron chi connectivity index (χ2n) is 6.00. The Bertz CT molecular complexity index is 647.